The van der Waals surface area contributed by atoms with Crippen LogP contribution in [-0.2, 0) is 19.3 Å². The minimum atomic E-state index is -0.0455. The fourth-order valence-corrected chi connectivity index (χ4v) is 3.39. The topological polar surface area (TPSA) is 24.1 Å². The molecule has 0 heterocycles. The molecular formula is C22H30N2S. The molecule has 2 N–H and O–H groups in total. The summed E-state index contributed by atoms with van der Waals surface area (Å²) in [4.78, 5) is 0. The summed E-state index contributed by atoms with van der Waals surface area (Å²) in [5, 5.41) is 7.48. The number of anilines is 1. The first-order chi connectivity index (χ1) is 11.8. The lowest BCUT2D eigenvalue weighted by Gasteiger charge is -2.25. The van der Waals surface area contributed by atoms with Crippen LogP contribution < -0.4 is 10.6 Å². The van der Waals surface area contributed by atoms with E-state index in [-0.39, 0.29) is 5.54 Å². The molecule has 0 saturated carbocycles. The molecule has 2 nitrogen and oxygen atoms in total. The summed E-state index contributed by atoms with van der Waals surface area (Å²) in [5.74, 6) is 0. The van der Waals surface area contributed by atoms with Crippen molar-refractivity contribution >= 4 is 23.0 Å². The molecule has 0 unspecified atom stereocenters. The Kier molecular flexibility index (Phi) is 6.60. The first-order valence-corrected chi connectivity index (χ1v) is 9.51. The summed E-state index contributed by atoms with van der Waals surface area (Å²) in [5.41, 5.74) is 6.48. The first-order valence-electron chi connectivity index (χ1n) is 9.10. The highest BCUT2D eigenvalue weighted by atomic mass is 32.1. The van der Waals surface area contributed by atoms with E-state index in [9.17, 15) is 0 Å². The Morgan fingerprint density at radius 1 is 0.920 bits per heavy atom. The van der Waals surface area contributed by atoms with Crippen LogP contribution in [0.4, 0.5) is 5.69 Å². The van der Waals surface area contributed by atoms with Crippen LogP contribution in [0.15, 0.2) is 42.5 Å². The molecule has 0 aliphatic heterocycles. The summed E-state index contributed by atoms with van der Waals surface area (Å²) >= 11 is 5.51. The molecule has 25 heavy (non-hydrogen) atoms. The fourth-order valence-electron chi connectivity index (χ4n) is 2.98. The third-order valence-electron chi connectivity index (χ3n) is 4.10. The van der Waals surface area contributed by atoms with E-state index < -0.39 is 0 Å². The zero-order chi connectivity index (χ0) is 18.4. The molecular weight excluding hydrogens is 324 g/mol. The Balaban J connectivity index is 2.29. The first kappa shape index (κ1) is 19.5. The lowest BCUT2D eigenvalue weighted by Crippen LogP contribution is -2.43. The van der Waals surface area contributed by atoms with E-state index in [4.69, 9.17) is 12.2 Å². The molecule has 3 heteroatoms. The van der Waals surface area contributed by atoms with Gasteiger partial charge in [0.2, 0.25) is 0 Å². The van der Waals surface area contributed by atoms with Gasteiger partial charge in [-0.25, -0.2) is 0 Å². The monoisotopic (exact) mass is 354 g/mol. The van der Waals surface area contributed by atoms with Crippen molar-refractivity contribution in [3.63, 3.8) is 0 Å². The molecule has 0 amide bonds. The van der Waals surface area contributed by atoms with Crippen molar-refractivity contribution in [2.75, 3.05) is 5.32 Å². The lowest BCUT2D eigenvalue weighted by atomic mass is 9.95. The van der Waals surface area contributed by atoms with Gasteiger partial charge in [0.25, 0.3) is 0 Å². The van der Waals surface area contributed by atoms with Gasteiger partial charge in [0.15, 0.2) is 5.11 Å². The number of hydrogen-bond acceptors (Lipinski definition) is 1. The van der Waals surface area contributed by atoms with E-state index in [1.807, 2.05) is 0 Å². The van der Waals surface area contributed by atoms with Crippen molar-refractivity contribution < 1.29 is 0 Å². The Bertz CT molecular complexity index is 690. The van der Waals surface area contributed by atoms with Crippen LogP contribution in [0.2, 0.25) is 0 Å². The van der Waals surface area contributed by atoms with E-state index in [0.29, 0.717) is 5.11 Å². The van der Waals surface area contributed by atoms with Gasteiger partial charge in [-0.3, -0.25) is 0 Å². The van der Waals surface area contributed by atoms with Crippen LogP contribution in [-0.4, -0.2) is 10.7 Å². The normalized spacial score (nSPS) is 11.2. The molecule has 0 radical (unpaired) electrons. The number of nitrogens with one attached hydrogen (secondary N) is 2. The van der Waals surface area contributed by atoms with Crippen LogP contribution in [0.1, 0.15) is 56.9 Å². The van der Waals surface area contributed by atoms with Gasteiger partial charge in [-0.15, -0.1) is 0 Å². The lowest BCUT2D eigenvalue weighted by molar-refractivity contribution is 0.515. The van der Waals surface area contributed by atoms with E-state index in [2.05, 4.69) is 87.7 Å². The standard InChI is InChI=1S/C22H30N2S/c1-6-18-14-17(13-16-11-9-8-10-12-16)15-19(7-2)20(18)23-21(25)24-22(3,4)5/h8-12,14-15H,6-7,13H2,1-5H3,(H2,23,24,25). The van der Waals surface area contributed by atoms with Crippen molar-refractivity contribution in [2.24, 2.45) is 0 Å². The highest BCUT2D eigenvalue weighted by Crippen LogP contribution is 2.26. The molecule has 0 aliphatic carbocycles. The van der Waals surface area contributed by atoms with Crippen molar-refractivity contribution in [2.45, 2.75) is 59.4 Å². The number of rotatable bonds is 5. The van der Waals surface area contributed by atoms with Crippen LogP contribution in [0.25, 0.3) is 0 Å². The molecule has 0 atom stereocenters. The smallest absolute Gasteiger partial charge is 0.171 e. The fraction of sp³-hybridized carbons (Fsp3) is 0.409. The van der Waals surface area contributed by atoms with Gasteiger partial charge < -0.3 is 10.6 Å². The molecule has 0 saturated heterocycles. The van der Waals surface area contributed by atoms with Gasteiger partial charge >= 0.3 is 0 Å². The molecule has 0 aliphatic rings. The third-order valence-corrected chi connectivity index (χ3v) is 4.31. The Morgan fingerprint density at radius 3 is 1.96 bits per heavy atom. The van der Waals surface area contributed by atoms with Gasteiger partial charge in [0.1, 0.15) is 0 Å². The maximum absolute atomic E-state index is 5.51. The second-order valence-corrected chi connectivity index (χ2v) is 7.90. The summed E-state index contributed by atoms with van der Waals surface area (Å²) in [6.45, 7) is 10.8. The molecule has 0 spiro atoms. The molecule has 2 rings (SSSR count). The minimum Gasteiger partial charge on any atom is -0.358 e. The molecule has 134 valence electrons. The van der Waals surface area contributed by atoms with Crippen LogP contribution >= 0.6 is 12.2 Å². The SMILES string of the molecule is CCc1cc(Cc2ccccc2)cc(CC)c1NC(=S)NC(C)(C)C. The third kappa shape index (κ3) is 5.86. The highest BCUT2D eigenvalue weighted by molar-refractivity contribution is 7.80. The Labute approximate surface area is 158 Å². The molecule has 0 fully saturated rings. The minimum absolute atomic E-state index is 0.0455. The largest absolute Gasteiger partial charge is 0.358 e. The second kappa shape index (κ2) is 8.48. The average molecular weight is 355 g/mol. The van der Waals surface area contributed by atoms with Crippen LogP contribution in [0.3, 0.4) is 0 Å². The highest BCUT2D eigenvalue weighted by Gasteiger charge is 2.14. The van der Waals surface area contributed by atoms with Gasteiger partial charge in [0.05, 0.1) is 0 Å². The number of benzene rings is 2. The number of hydrogen-bond donors (Lipinski definition) is 2. The van der Waals surface area contributed by atoms with Gasteiger partial charge in [-0.1, -0.05) is 56.3 Å². The van der Waals surface area contributed by atoms with E-state index in [0.717, 1.165) is 19.3 Å². The maximum Gasteiger partial charge on any atom is 0.171 e. The Morgan fingerprint density at radius 2 is 1.48 bits per heavy atom. The molecule has 0 aromatic heterocycles. The van der Waals surface area contributed by atoms with Crippen molar-refractivity contribution in [1.29, 1.82) is 0 Å². The summed E-state index contributed by atoms with van der Waals surface area (Å²) in [7, 11) is 0. The van der Waals surface area contributed by atoms with Crippen molar-refractivity contribution in [3.8, 4) is 0 Å². The molecule has 0 bridgehead atoms. The van der Waals surface area contributed by atoms with Crippen molar-refractivity contribution in [1.82, 2.24) is 5.32 Å². The van der Waals surface area contributed by atoms with Gasteiger partial charge in [0, 0.05) is 11.2 Å². The molecule has 2 aromatic rings. The van der Waals surface area contributed by atoms with E-state index >= 15 is 0 Å². The van der Waals surface area contributed by atoms with E-state index in [1.165, 1.54) is 27.9 Å². The summed E-state index contributed by atoms with van der Waals surface area (Å²) < 4.78 is 0. The number of thiocarbonyl (C=S) groups is 1. The predicted octanol–water partition coefficient (Wildman–Crippen LogP) is 5.49. The molecule has 2 aromatic carbocycles. The maximum atomic E-state index is 5.51. The van der Waals surface area contributed by atoms with Gasteiger partial charge in [-0.05, 0) is 74.5 Å². The number of aryl methyl sites for hydroxylation is 2. The quantitative estimate of drug-likeness (QED) is 0.695. The van der Waals surface area contributed by atoms with Gasteiger partial charge in [-0.2, -0.15) is 0 Å². The average Bonchev–Trinajstić information content (AvgIpc) is 2.55. The zero-order valence-electron chi connectivity index (χ0n) is 16.1. The van der Waals surface area contributed by atoms with E-state index in [1.54, 1.807) is 0 Å². The second-order valence-electron chi connectivity index (χ2n) is 7.49. The Hall–Kier alpha value is -1.87. The zero-order valence-corrected chi connectivity index (χ0v) is 16.9. The van der Waals surface area contributed by atoms with Crippen molar-refractivity contribution in [3.05, 3.63) is 64.7 Å². The van der Waals surface area contributed by atoms with Crippen LogP contribution in [0.5, 0.6) is 0 Å². The predicted molar refractivity (Wildman–Crippen MR) is 114 cm³/mol. The summed E-state index contributed by atoms with van der Waals surface area (Å²) in [6, 6.07) is 15.3. The summed E-state index contributed by atoms with van der Waals surface area (Å²) in [6.07, 6.45) is 2.93. The van der Waals surface area contributed by atoms with Crippen LogP contribution in [0, 0.1) is 0 Å².